The van der Waals surface area contributed by atoms with E-state index >= 15 is 0 Å². The van der Waals surface area contributed by atoms with Gasteiger partial charge in [0.15, 0.2) is 0 Å². The summed E-state index contributed by atoms with van der Waals surface area (Å²) in [5.74, 6) is 0.464. The summed E-state index contributed by atoms with van der Waals surface area (Å²) in [5.41, 5.74) is 3.96. The van der Waals surface area contributed by atoms with Gasteiger partial charge in [-0.15, -0.1) is 5.10 Å². The molecule has 1 aliphatic rings. The second kappa shape index (κ2) is 12.5. The van der Waals surface area contributed by atoms with Crippen molar-refractivity contribution in [2.24, 2.45) is 0 Å². The van der Waals surface area contributed by atoms with E-state index in [9.17, 15) is 13.2 Å². The molecule has 8 nitrogen and oxygen atoms in total. The SMILES string of the molecule is Cc1nnn(-c2ccc(C(F)(F)F)nc2)c1COc1cc2c(cn1)CN(c1cccnc1)CC2.c1ccc2ccccc2c1. The Kier molecular flexibility index (Phi) is 8.18. The lowest BCUT2D eigenvalue weighted by molar-refractivity contribution is -0.141. The molecule has 0 fully saturated rings. The lowest BCUT2D eigenvalue weighted by atomic mass is 10.0. The Labute approximate surface area is 251 Å². The summed E-state index contributed by atoms with van der Waals surface area (Å²) in [6, 6.07) is 24.8. The predicted octanol–water partition coefficient (Wildman–Crippen LogP) is 6.76. The molecule has 0 spiro atoms. The van der Waals surface area contributed by atoms with Crippen molar-refractivity contribution >= 4 is 16.5 Å². The number of hydrogen-bond acceptors (Lipinski definition) is 7. The fourth-order valence-electron chi connectivity index (χ4n) is 4.96. The van der Waals surface area contributed by atoms with E-state index in [-0.39, 0.29) is 6.61 Å². The molecule has 222 valence electrons. The molecule has 4 aromatic heterocycles. The van der Waals surface area contributed by atoms with Crippen molar-refractivity contribution in [3.8, 4) is 11.6 Å². The zero-order valence-electron chi connectivity index (χ0n) is 23.8. The maximum absolute atomic E-state index is 12.8. The monoisotopic (exact) mass is 595 g/mol. The van der Waals surface area contributed by atoms with Crippen LogP contribution in [-0.2, 0) is 25.7 Å². The smallest absolute Gasteiger partial charge is 0.433 e. The van der Waals surface area contributed by atoms with Gasteiger partial charge in [-0.2, -0.15) is 13.2 Å². The first-order valence-electron chi connectivity index (χ1n) is 14.0. The number of aromatic nitrogens is 6. The quantitative estimate of drug-likeness (QED) is 0.218. The number of fused-ring (bicyclic) bond motifs is 2. The van der Waals surface area contributed by atoms with Crippen LogP contribution in [0.1, 0.15) is 28.2 Å². The minimum atomic E-state index is -4.50. The lowest BCUT2D eigenvalue weighted by Gasteiger charge is -2.30. The number of ether oxygens (including phenoxy) is 1. The summed E-state index contributed by atoms with van der Waals surface area (Å²) in [7, 11) is 0. The van der Waals surface area contributed by atoms with Crippen LogP contribution in [0.2, 0.25) is 0 Å². The third-order valence-corrected chi connectivity index (χ3v) is 7.34. The van der Waals surface area contributed by atoms with E-state index in [0.29, 0.717) is 23.0 Å². The van der Waals surface area contributed by atoms with Crippen LogP contribution < -0.4 is 9.64 Å². The molecular formula is C33H28F3N7O. The molecule has 0 amide bonds. The van der Waals surface area contributed by atoms with E-state index in [2.05, 4.69) is 78.7 Å². The number of halogens is 3. The third kappa shape index (κ3) is 6.51. The fourth-order valence-corrected chi connectivity index (χ4v) is 4.96. The summed E-state index contributed by atoms with van der Waals surface area (Å²) < 4.78 is 45.8. The van der Waals surface area contributed by atoms with Gasteiger partial charge in [-0.1, -0.05) is 53.7 Å². The second-order valence-electron chi connectivity index (χ2n) is 10.2. The predicted molar refractivity (Wildman–Crippen MR) is 160 cm³/mol. The fraction of sp³-hybridized carbons (Fsp3) is 0.182. The largest absolute Gasteiger partial charge is 0.471 e. The second-order valence-corrected chi connectivity index (χ2v) is 10.2. The van der Waals surface area contributed by atoms with Crippen LogP contribution in [0.4, 0.5) is 18.9 Å². The van der Waals surface area contributed by atoms with Gasteiger partial charge in [-0.05, 0) is 59.5 Å². The molecule has 6 aromatic rings. The first kappa shape index (κ1) is 28.8. The molecule has 2 aromatic carbocycles. The average molecular weight is 596 g/mol. The van der Waals surface area contributed by atoms with Crippen LogP contribution in [0, 0.1) is 6.92 Å². The molecule has 0 atom stereocenters. The van der Waals surface area contributed by atoms with Crippen molar-refractivity contribution in [1.82, 2.24) is 29.9 Å². The molecule has 0 saturated carbocycles. The lowest BCUT2D eigenvalue weighted by Crippen LogP contribution is -2.30. The van der Waals surface area contributed by atoms with E-state index in [0.717, 1.165) is 43.0 Å². The van der Waals surface area contributed by atoms with E-state index < -0.39 is 11.9 Å². The Hall–Kier alpha value is -5.32. The maximum Gasteiger partial charge on any atom is 0.433 e. The van der Waals surface area contributed by atoms with Gasteiger partial charge in [0, 0.05) is 31.5 Å². The molecule has 0 unspecified atom stereocenters. The summed E-state index contributed by atoms with van der Waals surface area (Å²) >= 11 is 0. The standard InChI is InChI=1S/C23H20F3N7O.C10H8/c1-15-20(33(31-30-15)19-4-5-21(28-12-19)23(24,25)26)14-34-22-9-16-6-8-32(13-17(16)10-29-22)18-3-2-7-27-11-18;1-2-6-10-8-4-3-7-9(10)5-1/h2-5,7,9-12H,6,8,13-14H2,1H3;1-8H. The average Bonchev–Trinajstić information content (AvgIpc) is 3.43. The van der Waals surface area contributed by atoms with Crippen LogP contribution in [-0.4, -0.2) is 36.5 Å². The van der Waals surface area contributed by atoms with E-state index in [1.165, 1.54) is 27.1 Å². The van der Waals surface area contributed by atoms with Crippen LogP contribution in [0.5, 0.6) is 5.88 Å². The first-order chi connectivity index (χ1) is 21.3. The molecule has 11 heteroatoms. The minimum Gasteiger partial charge on any atom is -0.471 e. The molecule has 0 saturated heterocycles. The van der Waals surface area contributed by atoms with Gasteiger partial charge < -0.3 is 9.64 Å². The number of alkyl halides is 3. The van der Waals surface area contributed by atoms with Gasteiger partial charge in [-0.3, -0.25) is 4.98 Å². The summed E-state index contributed by atoms with van der Waals surface area (Å²) in [4.78, 5) is 14.4. The molecule has 0 aliphatic carbocycles. The number of anilines is 1. The number of aryl methyl sites for hydroxylation is 1. The molecular weight excluding hydrogens is 567 g/mol. The number of pyridine rings is 3. The Morgan fingerprint density at radius 2 is 1.57 bits per heavy atom. The number of benzene rings is 2. The van der Waals surface area contributed by atoms with Crippen molar-refractivity contribution in [3.63, 3.8) is 0 Å². The summed E-state index contributed by atoms with van der Waals surface area (Å²) in [5, 5.41) is 10.7. The van der Waals surface area contributed by atoms with Gasteiger partial charge in [0.25, 0.3) is 0 Å². The molecule has 5 heterocycles. The van der Waals surface area contributed by atoms with Gasteiger partial charge in [0.1, 0.15) is 18.0 Å². The highest BCUT2D eigenvalue weighted by Gasteiger charge is 2.32. The van der Waals surface area contributed by atoms with Crippen molar-refractivity contribution < 1.29 is 17.9 Å². The molecule has 1 aliphatic heterocycles. The van der Waals surface area contributed by atoms with Crippen LogP contribution in [0.25, 0.3) is 16.5 Å². The molecule has 7 rings (SSSR count). The first-order valence-corrected chi connectivity index (χ1v) is 14.0. The molecule has 0 bridgehead atoms. The summed E-state index contributed by atoms with van der Waals surface area (Å²) in [6.07, 6.45) is 2.88. The minimum absolute atomic E-state index is 0.105. The number of nitrogens with zero attached hydrogens (tertiary/aromatic N) is 7. The number of hydrogen-bond donors (Lipinski definition) is 0. The van der Waals surface area contributed by atoms with Crippen LogP contribution in [0.15, 0.2) is 104 Å². The van der Waals surface area contributed by atoms with Crippen molar-refractivity contribution in [1.29, 1.82) is 0 Å². The van der Waals surface area contributed by atoms with E-state index in [1.807, 2.05) is 30.6 Å². The molecule has 0 N–H and O–H groups in total. The van der Waals surface area contributed by atoms with E-state index in [4.69, 9.17) is 4.74 Å². The van der Waals surface area contributed by atoms with Gasteiger partial charge in [0.05, 0.1) is 29.5 Å². The highest BCUT2D eigenvalue weighted by molar-refractivity contribution is 5.82. The topological polar surface area (TPSA) is 81.8 Å². The Morgan fingerprint density at radius 1 is 0.818 bits per heavy atom. The third-order valence-electron chi connectivity index (χ3n) is 7.34. The Balaban J connectivity index is 0.000000289. The van der Waals surface area contributed by atoms with E-state index in [1.54, 1.807) is 13.1 Å². The van der Waals surface area contributed by atoms with Crippen molar-refractivity contribution in [3.05, 3.63) is 132 Å². The van der Waals surface area contributed by atoms with Gasteiger partial charge in [0.2, 0.25) is 5.88 Å². The van der Waals surface area contributed by atoms with Crippen LogP contribution >= 0.6 is 0 Å². The van der Waals surface area contributed by atoms with Crippen LogP contribution in [0.3, 0.4) is 0 Å². The highest BCUT2D eigenvalue weighted by Crippen LogP contribution is 2.28. The highest BCUT2D eigenvalue weighted by atomic mass is 19.4. The van der Waals surface area contributed by atoms with Crippen molar-refractivity contribution in [2.45, 2.75) is 32.7 Å². The van der Waals surface area contributed by atoms with Crippen molar-refractivity contribution in [2.75, 3.05) is 11.4 Å². The molecule has 44 heavy (non-hydrogen) atoms. The normalized spacial score (nSPS) is 12.8. The maximum atomic E-state index is 12.8. The summed E-state index contributed by atoms with van der Waals surface area (Å²) in [6.45, 7) is 3.46. The van der Waals surface area contributed by atoms with Gasteiger partial charge >= 0.3 is 6.18 Å². The van der Waals surface area contributed by atoms with Gasteiger partial charge in [-0.25, -0.2) is 14.6 Å². The Bertz CT molecular complexity index is 1790. The zero-order chi connectivity index (χ0) is 30.5. The number of rotatable bonds is 5. The molecule has 0 radical (unpaired) electrons. The zero-order valence-corrected chi connectivity index (χ0v) is 23.8. The Morgan fingerprint density at radius 3 is 2.20 bits per heavy atom.